The van der Waals surface area contributed by atoms with Crippen molar-refractivity contribution in [2.24, 2.45) is 17.8 Å². The number of aliphatic hydroxyl groups is 2. The van der Waals surface area contributed by atoms with Crippen molar-refractivity contribution in [3.05, 3.63) is 24.8 Å². The number of aliphatic hydroxyl groups excluding tert-OH is 2. The van der Waals surface area contributed by atoms with Gasteiger partial charge in [0.05, 0.1) is 24.2 Å². The molecule has 6 heteroatoms. The van der Waals surface area contributed by atoms with Gasteiger partial charge in [0.1, 0.15) is 6.10 Å². The average Bonchev–Trinajstić information content (AvgIpc) is 3.19. The van der Waals surface area contributed by atoms with E-state index in [2.05, 4.69) is 32.6 Å². The zero-order valence-corrected chi connectivity index (χ0v) is 26.0. The molecule has 0 heterocycles. The maximum atomic E-state index is 13.1. The smallest absolute Gasteiger partial charge is 0.313 e. The lowest BCUT2D eigenvalue weighted by Gasteiger charge is -2.27. The van der Waals surface area contributed by atoms with Gasteiger partial charge in [0, 0.05) is 18.8 Å². The van der Waals surface area contributed by atoms with Gasteiger partial charge in [-0.25, -0.2) is 0 Å². The molecule has 0 amide bonds. The van der Waals surface area contributed by atoms with Crippen LogP contribution in [0, 0.1) is 17.8 Å². The van der Waals surface area contributed by atoms with Crippen LogP contribution in [0.1, 0.15) is 137 Å². The topological polar surface area (TPSA) is 93.1 Å². The van der Waals surface area contributed by atoms with Crippen LogP contribution in [-0.4, -0.2) is 46.6 Å². The maximum absolute atomic E-state index is 13.1. The fourth-order valence-corrected chi connectivity index (χ4v) is 5.77. The number of carbonyl (C=O) groups excluding carboxylic acids is 2. The fraction of sp³-hybridized carbons (Fsp3) is 0.824. The molecule has 1 unspecified atom stereocenters. The quantitative estimate of drug-likeness (QED) is 0.0746. The molecular formula is C34H60O6. The predicted octanol–water partition coefficient (Wildman–Crippen LogP) is 7.85. The minimum Gasteiger partial charge on any atom is -0.463 e. The summed E-state index contributed by atoms with van der Waals surface area (Å²) < 4.78 is 11.2. The molecule has 0 aliphatic heterocycles. The number of allylic oxidation sites excluding steroid dienone is 2. The molecule has 1 aliphatic carbocycles. The van der Waals surface area contributed by atoms with Crippen molar-refractivity contribution in [1.29, 1.82) is 0 Å². The third-order valence-corrected chi connectivity index (χ3v) is 8.14. The van der Waals surface area contributed by atoms with E-state index in [1.54, 1.807) is 6.08 Å². The van der Waals surface area contributed by atoms with Gasteiger partial charge in [0.25, 0.3) is 0 Å². The zero-order chi connectivity index (χ0) is 29.8. The highest BCUT2D eigenvalue weighted by Crippen LogP contribution is 2.41. The highest BCUT2D eigenvalue weighted by Gasteiger charge is 2.44. The van der Waals surface area contributed by atoms with Gasteiger partial charge < -0.3 is 19.7 Å². The minimum atomic E-state index is -0.554. The fourth-order valence-electron chi connectivity index (χ4n) is 5.77. The van der Waals surface area contributed by atoms with Crippen molar-refractivity contribution in [2.75, 3.05) is 0 Å². The van der Waals surface area contributed by atoms with E-state index in [0.29, 0.717) is 25.7 Å². The number of rotatable bonds is 23. The normalized spacial score (nSPS) is 22.5. The van der Waals surface area contributed by atoms with Crippen LogP contribution in [0.5, 0.6) is 0 Å². The first-order valence-corrected chi connectivity index (χ1v) is 16.3. The largest absolute Gasteiger partial charge is 0.463 e. The van der Waals surface area contributed by atoms with Crippen LogP contribution in [0.3, 0.4) is 0 Å². The molecule has 6 atom stereocenters. The first-order chi connectivity index (χ1) is 19.2. The predicted molar refractivity (Wildman–Crippen MR) is 163 cm³/mol. The molecule has 6 nitrogen and oxygen atoms in total. The summed E-state index contributed by atoms with van der Waals surface area (Å²) in [5, 5.41) is 21.6. The molecule has 0 aromatic carbocycles. The van der Waals surface area contributed by atoms with E-state index < -0.39 is 6.10 Å². The van der Waals surface area contributed by atoms with Crippen molar-refractivity contribution < 1.29 is 29.3 Å². The maximum Gasteiger partial charge on any atom is 0.313 e. The summed E-state index contributed by atoms with van der Waals surface area (Å²) in [7, 11) is 0. The second kappa shape index (κ2) is 22.0. The highest BCUT2D eigenvalue weighted by molar-refractivity contribution is 5.74. The summed E-state index contributed by atoms with van der Waals surface area (Å²) in [6, 6.07) is 0. The summed E-state index contributed by atoms with van der Waals surface area (Å²) in [6.45, 7) is 11.9. The van der Waals surface area contributed by atoms with Crippen molar-refractivity contribution in [2.45, 2.75) is 161 Å². The number of hydrogen-bond donors (Lipinski definition) is 2. The number of carbonyl (C=O) groups is 2. The monoisotopic (exact) mass is 564 g/mol. The molecule has 0 aromatic rings. The standard InChI is InChI=1S/C34H60O6/c1-6-9-11-12-16-19-27(8-3)34(38)40-32-25-31(36)29(30(32)24-23-28(35)20-15-10-7-2)21-17-13-14-18-22-33(37)39-26(4)5/h8,13,17,26-32,35-36H,3,6-7,9-12,14-16,18-25H2,1-2,4-5H3/b17-13-/t27?,28-,29+,30+,31-,32+/m0/s1. The molecule has 1 aliphatic rings. The molecule has 0 saturated heterocycles. The Balaban J connectivity index is 2.74. The first-order valence-electron chi connectivity index (χ1n) is 16.3. The van der Waals surface area contributed by atoms with Crippen molar-refractivity contribution >= 4 is 11.9 Å². The van der Waals surface area contributed by atoms with E-state index in [-0.39, 0.29) is 48.0 Å². The molecule has 40 heavy (non-hydrogen) atoms. The van der Waals surface area contributed by atoms with Crippen LogP contribution in [0.25, 0.3) is 0 Å². The Hall–Kier alpha value is -1.66. The Morgan fingerprint density at radius 1 is 0.925 bits per heavy atom. The van der Waals surface area contributed by atoms with Crippen LogP contribution < -0.4 is 0 Å². The van der Waals surface area contributed by atoms with Gasteiger partial charge >= 0.3 is 11.9 Å². The third-order valence-electron chi connectivity index (χ3n) is 8.14. The van der Waals surface area contributed by atoms with Crippen molar-refractivity contribution in [3.8, 4) is 0 Å². The summed E-state index contributed by atoms with van der Waals surface area (Å²) >= 11 is 0. The van der Waals surface area contributed by atoms with Gasteiger partial charge in [-0.1, -0.05) is 83.4 Å². The van der Waals surface area contributed by atoms with Gasteiger partial charge in [0.2, 0.25) is 0 Å². The number of ether oxygens (including phenoxy) is 2. The number of hydrogen-bond acceptors (Lipinski definition) is 6. The van der Waals surface area contributed by atoms with Crippen molar-refractivity contribution in [3.63, 3.8) is 0 Å². The van der Waals surface area contributed by atoms with Gasteiger partial charge in [-0.3, -0.25) is 9.59 Å². The Labute approximate surface area is 245 Å². The van der Waals surface area contributed by atoms with Gasteiger partial charge in [-0.05, 0) is 64.7 Å². The van der Waals surface area contributed by atoms with Crippen molar-refractivity contribution in [1.82, 2.24) is 0 Å². The lowest BCUT2D eigenvalue weighted by atomic mass is 9.85. The summed E-state index contributed by atoms with van der Waals surface area (Å²) in [6.07, 6.45) is 19.3. The Morgan fingerprint density at radius 2 is 1.60 bits per heavy atom. The van der Waals surface area contributed by atoms with Gasteiger partial charge in [-0.15, -0.1) is 6.58 Å². The van der Waals surface area contributed by atoms with E-state index in [0.717, 1.165) is 64.2 Å². The molecule has 0 spiro atoms. The Kier molecular flexibility index (Phi) is 20.0. The Bertz CT molecular complexity index is 717. The lowest BCUT2D eigenvalue weighted by Crippen LogP contribution is -2.29. The molecule has 0 radical (unpaired) electrons. The summed E-state index contributed by atoms with van der Waals surface area (Å²) in [5.41, 5.74) is 0. The molecule has 1 rings (SSSR count). The summed E-state index contributed by atoms with van der Waals surface area (Å²) in [5.74, 6) is -0.754. The third kappa shape index (κ3) is 15.4. The van der Waals surface area contributed by atoms with Crippen LogP contribution in [0.4, 0.5) is 0 Å². The van der Waals surface area contributed by atoms with Crippen LogP contribution >= 0.6 is 0 Å². The SMILES string of the molecule is C=CC(CCCCCCC)C(=O)O[C@@H]1C[C@H](O)[C@H](C/C=C\CCCC(=O)OC(C)C)[C@H]1CC[C@@H](O)CCCCC. The molecule has 0 bridgehead atoms. The molecule has 0 aromatic heterocycles. The van der Waals surface area contributed by atoms with E-state index in [9.17, 15) is 19.8 Å². The van der Waals surface area contributed by atoms with E-state index >= 15 is 0 Å². The van der Waals surface area contributed by atoms with E-state index in [4.69, 9.17) is 9.47 Å². The summed E-state index contributed by atoms with van der Waals surface area (Å²) in [4.78, 5) is 24.8. The average molecular weight is 565 g/mol. The molecule has 232 valence electrons. The van der Waals surface area contributed by atoms with E-state index in [1.807, 2.05) is 13.8 Å². The van der Waals surface area contributed by atoms with Crippen LogP contribution in [0.2, 0.25) is 0 Å². The van der Waals surface area contributed by atoms with Gasteiger partial charge in [0.15, 0.2) is 0 Å². The minimum absolute atomic E-state index is 0.000430. The first kappa shape index (κ1) is 36.4. The molecule has 1 fully saturated rings. The molecule has 2 N–H and O–H groups in total. The lowest BCUT2D eigenvalue weighted by molar-refractivity contribution is -0.155. The molecule has 1 saturated carbocycles. The van der Waals surface area contributed by atoms with E-state index in [1.165, 1.54) is 19.3 Å². The number of esters is 2. The zero-order valence-electron chi connectivity index (χ0n) is 26.0. The highest BCUT2D eigenvalue weighted by atomic mass is 16.5. The second-order valence-corrected chi connectivity index (χ2v) is 12.0. The van der Waals surface area contributed by atoms with Crippen LogP contribution in [-0.2, 0) is 19.1 Å². The molecular weight excluding hydrogens is 504 g/mol. The van der Waals surface area contributed by atoms with Gasteiger partial charge in [-0.2, -0.15) is 0 Å². The Morgan fingerprint density at radius 3 is 2.27 bits per heavy atom. The van der Waals surface area contributed by atoms with Crippen LogP contribution in [0.15, 0.2) is 24.8 Å². The second-order valence-electron chi connectivity index (χ2n) is 12.0. The number of unbranched alkanes of at least 4 members (excludes halogenated alkanes) is 7.